The van der Waals surface area contributed by atoms with Gasteiger partial charge in [-0.1, -0.05) is 37.7 Å². The topological polar surface area (TPSA) is 88.9 Å². The van der Waals surface area contributed by atoms with Gasteiger partial charge < -0.3 is 15.2 Å². The summed E-state index contributed by atoms with van der Waals surface area (Å²) in [7, 11) is 0. The van der Waals surface area contributed by atoms with Crippen LogP contribution >= 0.6 is 11.8 Å². The van der Waals surface area contributed by atoms with E-state index in [9.17, 15) is 14.0 Å². The zero-order valence-electron chi connectivity index (χ0n) is 18.4. The highest BCUT2D eigenvalue weighted by Crippen LogP contribution is 2.29. The van der Waals surface area contributed by atoms with E-state index in [1.165, 1.54) is 24.8 Å². The monoisotopic (exact) mass is 455 g/mol. The van der Waals surface area contributed by atoms with Crippen molar-refractivity contribution in [1.29, 1.82) is 0 Å². The molecular weight excluding hydrogens is 429 g/mol. The molecule has 0 radical (unpaired) electrons. The van der Waals surface area contributed by atoms with Crippen molar-refractivity contribution in [1.82, 2.24) is 14.8 Å². The molecule has 0 bridgehead atoms. The third-order valence-electron chi connectivity index (χ3n) is 4.50. The second kappa shape index (κ2) is 10.4. The highest BCUT2D eigenvalue weighted by atomic mass is 32.2. The van der Waals surface area contributed by atoms with Crippen molar-refractivity contribution >= 4 is 35.0 Å². The molecule has 2 amide bonds. The van der Waals surface area contributed by atoms with Crippen molar-refractivity contribution in [2.24, 2.45) is 5.92 Å². The fraction of sp³-hybridized carbons (Fsp3) is 0.304. The molecule has 0 saturated carbocycles. The SMILES string of the molecule is CC(=O)Nc1ccc(NC(=O)C(C)Sc2nnc(-c3ccccc3F)n2CC(C)C)cc1. The Labute approximate surface area is 190 Å². The first kappa shape index (κ1) is 23.5. The summed E-state index contributed by atoms with van der Waals surface area (Å²) in [6.45, 7) is 7.92. The predicted octanol–water partition coefficient (Wildman–Crippen LogP) is 4.82. The van der Waals surface area contributed by atoms with E-state index >= 15 is 0 Å². The van der Waals surface area contributed by atoms with Crippen molar-refractivity contribution in [3.8, 4) is 11.4 Å². The molecule has 3 aromatic rings. The van der Waals surface area contributed by atoms with Crippen molar-refractivity contribution in [2.75, 3.05) is 10.6 Å². The lowest BCUT2D eigenvalue weighted by molar-refractivity contribution is -0.115. The molecule has 1 heterocycles. The number of hydrogen-bond acceptors (Lipinski definition) is 5. The maximum absolute atomic E-state index is 14.4. The Hall–Kier alpha value is -3.20. The van der Waals surface area contributed by atoms with Gasteiger partial charge in [-0.15, -0.1) is 10.2 Å². The van der Waals surface area contributed by atoms with Crippen LogP contribution in [-0.4, -0.2) is 31.8 Å². The summed E-state index contributed by atoms with van der Waals surface area (Å²) >= 11 is 1.27. The van der Waals surface area contributed by atoms with Crippen LogP contribution in [0.1, 0.15) is 27.7 Å². The van der Waals surface area contributed by atoms with E-state index in [0.29, 0.717) is 34.5 Å². The van der Waals surface area contributed by atoms with Gasteiger partial charge in [0.2, 0.25) is 11.8 Å². The fourth-order valence-electron chi connectivity index (χ4n) is 3.04. The Morgan fingerprint density at radius 1 is 1.00 bits per heavy atom. The normalized spacial score (nSPS) is 11.9. The Balaban J connectivity index is 1.75. The molecule has 1 aromatic heterocycles. The first-order chi connectivity index (χ1) is 15.2. The van der Waals surface area contributed by atoms with E-state index in [-0.39, 0.29) is 23.5 Å². The molecule has 3 rings (SSSR count). The van der Waals surface area contributed by atoms with E-state index in [4.69, 9.17) is 0 Å². The molecule has 0 saturated heterocycles. The molecule has 0 aliphatic rings. The number of hydrogen-bond donors (Lipinski definition) is 2. The van der Waals surface area contributed by atoms with Gasteiger partial charge in [0.25, 0.3) is 0 Å². The van der Waals surface area contributed by atoms with E-state index in [2.05, 4.69) is 34.7 Å². The van der Waals surface area contributed by atoms with Gasteiger partial charge in [-0.25, -0.2) is 4.39 Å². The van der Waals surface area contributed by atoms with Gasteiger partial charge >= 0.3 is 0 Å². The molecule has 168 valence electrons. The van der Waals surface area contributed by atoms with Crippen LogP contribution in [0.25, 0.3) is 11.4 Å². The number of carbonyl (C=O) groups excluding carboxylic acids is 2. The van der Waals surface area contributed by atoms with Gasteiger partial charge in [0.1, 0.15) is 5.82 Å². The minimum atomic E-state index is -0.464. The summed E-state index contributed by atoms with van der Waals surface area (Å²) < 4.78 is 16.2. The van der Waals surface area contributed by atoms with E-state index in [0.717, 1.165) is 0 Å². The quantitative estimate of drug-likeness (QED) is 0.476. The van der Waals surface area contributed by atoms with Crippen LogP contribution < -0.4 is 10.6 Å². The molecule has 0 aliphatic carbocycles. The number of aromatic nitrogens is 3. The lowest BCUT2D eigenvalue weighted by atomic mass is 10.2. The van der Waals surface area contributed by atoms with E-state index in [1.54, 1.807) is 49.4 Å². The maximum Gasteiger partial charge on any atom is 0.237 e. The summed E-state index contributed by atoms with van der Waals surface area (Å²) in [5.74, 6) is -0.00144. The molecule has 1 unspecified atom stereocenters. The maximum atomic E-state index is 14.4. The average Bonchev–Trinajstić information content (AvgIpc) is 3.10. The van der Waals surface area contributed by atoms with Crippen LogP contribution in [0.2, 0.25) is 0 Å². The molecule has 32 heavy (non-hydrogen) atoms. The lowest BCUT2D eigenvalue weighted by Crippen LogP contribution is -2.23. The molecule has 9 heteroatoms. The summed E-state index contributed by atoms with van der Waals surface area (Å²) in [6, 6.07) is 13.3. The Morgan fingerprint density at radius 3 is 2.22 bits per heavy atom. The molecule has 7 nitrogen and oxygen atoms in total. The number of nitrogens with zero attached hydrogens (tertiary/aromatic N) is 3. The third kappa shape index (κ3) is 5.94. The van der Waals surface area contributed by atoms with Crippen LogP contribution in [0.15, 0.2) is 53.7 Å². The Bertz CT molecular complexity index is 1100. The van der Waals surface area contributed by atoms with Crippen LogP contribution in [-0.2, 0) is 16.1 Å². The van der Waals surface area contributed by atoms with Gasteiger partial charge in [0.05, 0.1) is 10.8 Å². The smallest absolute Gasteiger partial charge is 0.237 e. The summed E-state index contributed by atoms with van der Waals surface area (Å²) in [6.07, 6.45) is 0. The average molecular weight is 456 g/mol. The van der Waals surface area contributed by atoms with Crippen LogP contribution in [0, 0.1) is 11.7 Å². The molecule has 0 fully saturated rings. The number of halogens is 1. The second-order valence-corrected chi connectivity index (χ2v) is 9.11. The number of nitrogens with one attached hydrogen (secondary N) is 2. The number of thioether (sulfide) groups is 1. The van der Waals surface area contributed by atoms with Gasteiger partial charge in [-0.3, -0.25) is 9.59 Å². The minimum absolute atomic E-state index is 0.160. The van der Waals surface area contributed by atoms with Gasteiger partial charge in [-0.05, 0) is 49.2 Å². The van der Waals surface area contributed by atoms with Crippen LogP contribution in [0.4, 0.5) is 15.8 Å². The fourth-order valence-corrected chi connectivity index (χ4v) is 3.90. The standard InChI is InChI=1S/C23H26FN5O2S/c1-14(2)13-29-21(19-7-5-6-8-20(19)24)27-28-23(29)32-15(3)22(31)26-18-11-9-17(10-12-18)25-16(4)30/h5-12,14-15H,13H2,1-4H3,(H,25,30)(H,26,31). The number of amides is 2. The highest BCUT2D eigenvalue weighted by Gasteiger charge is 2.22. The third-order valence-corrected chi connectivity index (χ3v) is 5.58. The zero-order valence-corrected chi connectivity index (χ0v) is 19.2. The first-order valence-electron chi connectivity index (χ1n) is 10.3. The Morgan fingerprint density at radius 2 is 1.62 bits per heavy atom. The molecule has 0 spiro atoms. The van der Waals surface area contributed by atoms with Crippen molar-refractivity contribution in [3.63, 3.8) is 0 Å². The van der Waals surface area contributed by atoms with Gasteiger partial charge in [0.15, 0.2) is 11.0 Å². The largest absolute Gasteiger partial charge is 0.326 e. The van der Waals surface area contributed by atoms with Crippen molar-refractivity contribution in [3.05, 3.63) is 54.3 Å². The number of carbonyl (C=O) groups is 2. The van der Waals surface area contributed by atoms with Gasteiger partial charge in [-0.2, -0.15) is 0 Å². The summed E-state index contributed by atoms with van der Waals surface area (Å²) in [5, 5.41) is 14.1. The lowest BCUT2D eigenvalue weighted by Gasteiger charge is -2.15. The van der Waals surface area contributed by atoms with E-state index < -0.39 is 5.25 Å². The number of benzene rings is 2. The van der Waals surface area contributed by atoms with E-state index in [1.807, 2.05) is 4.57 Å². The van der Waals surface area contributed by atoms with Crippen LogP contribution in [0.3, 0.4) is 0 Å². The zero-order chi connectivity index (χ0) is 23.3. The predicted molar refractivity (Wildman–Crippen MR) is 125 cm³/mol. The second-order valence-electron chi connectivity index (χ2n) is 7.80. The molecule has 2 N–H and O–H groups in total. The molecule has 0 aliphatic heterocycles. The number of rotatable bonds is 8. The molecular formula is C23H26FN5O2S. The molecule has 2 aromatic carbocycles. The number of anilines is 2. The summed E-state index contributed by atoms with van der Waals surface area (Å²) in [5.41, 5.74) is 1.65. The van der Waals surface area contributed by atoms with Crippen molar-refractivity contribution in [2.45, 2.75) is 44.6 Å². The molecule has 1 atom stereocenters. The summed E-state index contributed by atoms with van der Waals surface area (Å²) in [4.78, 5) is 23.9. The van der Waals surface area contributed by atoms with Gasteiger partial charge in [0, 0.05) is 24.8 Å². The van der Waals surface area contributed by atoms with Crippen LogP contribution in [0.5, 0.6) is 0 Å². The first-order valence-corrected chi connectivity index (χ1v) is 11.2. The van der Waals surface area contributed by atoms with Crippen molar-refractivity contribution < 1.29 is 14.0 Å². The Kier molecular flexibility index (Phi) is 7.63. The highest BCUT2D eigenvalue weighted by molar-refractivity contribution is 8.00. The minimum Gasteiger partial charge on any atom is -0.326 e.